The largest absolute Gasteiger partial charge is 0.418 e. The molecule has 1 atom stereocenters. The minimum absolute atomic E-state index is 0.00798. The Morgan fingerprint density at radius 1 is 0.966 bits per heavy atom. The molecule has 17 heteroatoms. The van der Waals surface area contributed by atoms with Gasteiger partial charge >= 0.3 is 6.18 Å². The maximum Gasteiger partial charge on any atom is 0.418 e. The van der Waals surface area contributed by atoms with Crippen molar-refractivity contribution in [2.45, 2.75) is 38.5 Å². The van der Waals surface area contributed by atoms with Gasteiger partial charge in [-0.3, -0.25) is 39.1 Å². The second kappa shape index (κ2) is 14.9. The van der Waals surface area contributed by atoms with Gasteiger partial charge in [-0.15, -0.1) is 0 Å². The molecular weight excluding hydrogens is 760 g/mol. The first kappa shape index (κ1) is 38.0. The summed E-state index contributed by atoms with van der Waals surface area (Å²) in [7, 11) is 0. The van der Waals surface area contributed by atoms with Crippen LogP contribution < -0.4 is 15.5 Å². The number of anilines is 2. The van der Waals surface area contributed by atoms with Crippen LogP contribution in [-0.4, -0.2) is 86.2 Å². The number of nitrogens with zero attached hydrogens (tertiary/aromatic N) is 6. The number of halogens is 4. The second-order valence-corrected chi connectivity index (χ2v) is 14.1. The molecule has 5 amide bonds. The van der Waals surface area contributed by atoms with Crippen LogP contribution >= 0.6 is 0 Å². The zero-order chi connectivity index (χ0) is 40.9. The van der Waals surface area contributed by atoms with Crippen LogP contribution in [-0.2, 0) is 22.3 Å². The number of carbonyl (C=O) groups is 5. The van der Waals surface area contributed by atoms with E-state index < -0.39 is 58.7 Å². The molecule has 0 spiro atoms. The van der Waals surface area contributed by atoms with Gasteiger partial charge in [-0.25, -0.2) is 13.9 Å². The van der Waals surface area contributed by atoms with Crippen LogP contribution in [0.2, 0.25) is 0 Å². The molecule has 58 heavy (non-hydrogen) atoms. The van der Waals surface area contributed by atoms with Gasteiger partial charge < -0.3 is 10.2 Å². The van der Waals surface area contributed by atoms with Crippen LogP contribution in [0.1, 0.15) is 71.9 Å². The summed E-state index contributed by atoms with van der Waals surface area (Å²) in [6.45, 7) is 2.63. The molecule has 8 rings (SSSR count). The summed E-state index contributed by atoms with van der Waals surface area (Å²) in [6.07, 6.45) is -1.72. The number of rotatable bonds is 6. The molecule has 13 nitrogen and oxygen atoms in total. The normalized spacial score (nSPS) is 17.3. The molecule has 2 aromatic heterocycles. The SMILES string of the molecule is Cc1ccc(C(=O)Nc2ccc(N3CCN(Cc4ccc5c(c4F)C(=O)N(C4CCC(=O)NC4=O)C5=O)CC3)c(C(F)(F)F)c2)cc1C#Cc1cnc2cccnn12. The van der Waals surface area contributed by atoms with E-state index in [1.54, 1.807) is 52.1 Å². The summed E-state index contributed by atoms with van der Waals surface area (Å²) < 4.78 is 60.9. The first-order valence-corrected chi connectivity index (χ1v) is 18.2. The molecule has 0 radical (unpaired) electrons. The Morgan fingerprint density at radius 2 is 1.76 bits per heavy atom. The number of alkyl halides is 3. The van der Waals surface area contributed by atoms with E-state index in [9.17, 15) is 37.1 Å². The highest BCUT2D eigenvalue weighted by Crippen LogP contribution is 2.39. The van der Waals surface area contributed by atoms with Gasteiger partial charge in [0.15, 0.2) is 5.65 Å². The first-order valence-electron chi connectivity index (χ1n) is 18.2. The number of piperazine rings is 1. The van der Waals surface area contributed by atoms with Crippen LogP contribution in [0.5, 0.6) is 0 Å². The minimum Gasteiger partial charge on any atom is -0.368 e. The molecule has 5 aromatic rings. The van der Waals surface area contributed by atoms with E-state index in [2.05, 4.69) is 32.6 Å². The van der Waals surface area contributed by atoms with E-state index in [1.165, 1.54) is 24.3 Å². The fourth-order valence-corrected chi connectivity index (χ4v) is 7.33. The van der Waals surface area contributed by atoms with Gasteiger partial charge in [0.25, 0.3) is 17.7 Å². The molecular formula is C41H32F4N8O5. The number of benzene rings is 3. The number of aromatic nitrogens is 3. The average molecular weight is 793 g/mol. The third-order valence-corrected chi connectivity index (χ3v) is 10.4. The van der Waals surface area contributed by atoms with E-state index in [0.717, 1.165) is 11.6 Å². The summed E-state index contributed by atoms with van der Waals surface area (Å²) in [4.78, 5) is 71.9. The van der Waals surface area contributed by atoms with Gasteiger partial charge in [0.2, 0.25) is 11.8 Å². The third-order valence-electron chi connectivity index (χ3n) is 10.4. The zero-order valence-corrected chi connectivity index (χ0v) is 30.7. The van der Waals surface area contributed by atoms with Crippen LogP contribution in [0.4, 0.5) is 28.9 Å². The van der Waals surface area contributed by atoms with Crippen molar-refractivity contribution in [3.05, 3.63) is 124 Å². The van der Waals surface area contributed by atoms with E-state index in [4.69, 9.17) is 0 Å². The second-order valence-electron chi connectivity index (χ2n) is 14.1. The first-order chi connectivity index (χ1) is 27.8. The average Bonchev–Trinajstić information content (AvgIpc) is 3.72. The van der Waals surface area contributed by atoms with Crippen molar-refractivity contribution < 1.29 is 41.5 Å². The monoisotopic (exact) mass is 792 g/mol. The van der Waals surface area contributed by atoms with Crippen molar-refractivity contribution >= 4 is 46.6 Å². The Morgan fingerprint density at radius 3 is 2.52 bits per heavy atom. The van der Waals surface area contributed by atoms with Crippen molar-refractivity contribution in [2.75, 3.05) is 36.4 Å². The molecule has 3 aliphatic rings. The topological polar surface area (TPSA) is 149 Å². The number of imide groups is 2. The van der Waals surface area contributed by atoms with Crippen LogP contribution in [0.15, 0.2) is 73.1 Å². The Kier molecular flexibility index (Phi) is 9.73. The lowest BCUT2D eigenvalue weighted by molar-refractivity contribution is -0.137. The number of carbonyl (C=O) groups excluding carboxylic acids is 5. The summed E-state index contributed by atoms with van der Waals surface area (Å²) in [5.74, 6) is 1.36. The predicted octanol–water partition coefficient (Wildman–Crippen LogP) is 4.57. The smallest absolute Gasteiger partial charge is 0.368 e. The highest BCUT2D eigenvalue weighted by molar-refractivity contribution is 6.23. The van der Waals surface area contributed by atoms with Crippen molar-refractivity contribution in [3.8, 4) is 11.8 Å². The Bertz CT molecular complexity index is 2620. The summed E-state index contributed by atoms with van der Waals surface area (Å²) in [5, 5.41) is 8.91. The van der Waals surface area contributed by atoms with Crippen LogP contribution in [0, 0.1) is 24.6 Å². The van der Waals surface area contributed by atoms with Crippen molar-refractivity contribution in [1.29, 1.82) is 0 Å². The summed E-state index contributed by atoms with van der Waals surface area (Å²) in [5.41, 5.74) is 1.07. The molecule has 2 fully saturated rings. The fraction of sp³-hybridized carbons (Fsp3) is 0.244. The van der Waals surface area contributed by atoms with Crippen molar-refractivity contribution in [2.24, 2.45) is 0 Å². The van der Waals surface area contributed by atoms with E-state index >= 15 is 4.39 Å². The fourth-order valence-electron chi connectivity index (χ4n) is 7.33. The van der Waals surface area contributed by atoms with Crippen molar-refractivity contribution in [3.63, 3.8) is 0 Å². The van der Waals surface area contributed by atoms with E-state index in [1.807, 2.05) is 11.8 Å². The lowest BCUT2D eigenvalue weighted by Gasteiger charge is -2.37. The standard InChI is InChI=1S/C41H32F4N8O5/c1-23-4-5-25(19-24(23)6-9-28-21-46-33-3-2-14-47-53(28)33)37(55)48-27-8-11-31(30(20-27)41(43,44)45)51-17-15-50(16-18-51)22-26-7-10-29-35(36(26)42)40(58)52(39(29)57)32-12-13-34(54)49-38(32)56/h2-5,7-8,10-11,14,19-21,32H,12-13,15-18,22H2,1H3,(H,48,55)(H,49,54,56). The molecule has 2 N–H and O–H groups in total. The van der Waals surface area contributed by atoms with Gasteiger partial charge in [0.1, 0.15) is 17.6 Å². The number of aryl methyl sites for hydroxylation is 1. The van der Waals surface area contributed by atoms with Crippen molar-refractivity contribution in [1.82, 2.24) is 29.7 Å². The van der Waals surface area contributed by atoms with Gasteiger partial charge in [0, 0.05) is 73.4 Å². The third kappa shape index (κ3) is 7.13. The van der Waals surface area contributed by atoms with Gasteiger partial charge in [-0.1, -0.05) is 18.1 Å². The molecule has 294 valence electrons. The maximum absolute atomic E-state index is 15.8. The van der Waals surface area contributed by atoms with Gasteiger partial charge in [-0.2, -0.15) is 18.3 Å². The van der Waals surface area contributed by atoms with E-state index in [0.29, 0.717) is 21.8 Å². The summed E-state index contributed by atoms with van der Waals surface area (Å²) >= 11 is 0. The van der Waals surface area contributed by atoms with Crippen LogP contribution in [0.25, 0.3) is 5.65 Å². The Labute approximate surface area is 327 Å². The number of hydrogen-bond acceptors (Lipinski definition) is 9. The highest BCUT2D eigenvalue weighted by Gasteiger charge is 2.46. The predicted molar refractivity (Wildman–Crippen MR) is 200 cm³/mol. The molecule has 2 saturated heterocycles. The molecule has 0 aliphatic carbocycles. The number of imidazole rings is 1. The lowest BCUT2D eigenvalue weighted by atomic mass is 10.0. The molecule has 1 unspecified atom stereocenters. The van der Waals surface area contributed by atoms with Crippen LogP contribution in [0.3, 0.4) is 0 Å². The zero-order valence-electron chi connectivity index (χ0n) is 30.7. The number of fused-ring (bicyclic) bond motifs is 2. The lowest BCUT2D eigenvalue weighted by Crippen LogP contribution is -2.54. The van der Waals surface area contributed by atoms with Gasteiger partial charge in [0.05, 0.1) is 22.9 Å². The number of amides is 5. The quantitative estimate of drug-likeness (QED) is 0.143. The summed E-state index contributed by atoms with van der Waals surface area (Å²) in [6, 6.07) is 13.4. The molecule has 3 aromatic carbocycles. The van der Waals surface area contributed by atoms with E-state index in [-0.39, 0.29) is 73.6 Å². The highest BCUT2D eigenvalue weighted by atomic mass is 19.4. The number of piperidine rings is 1. The molecule has 0 saturated carbocycles. The molecule has 5 heterocycles. The molecule has 0 bridgehead atoms. The Hall–Kier alpha value is -6.93. The Balaban J connectivity index is 0.934. The number of hydrogen-bond donors (Lipinski definition) is 2. The van der Waals surface area contributed by atoms with Gasteiger partial charge in [-0.05, 0) is 73.4 Å². The molecule has 3 aliphatic heterocycles. The maximum atomic E-state index is 15.8. The number of nitrogens with one attached hydrogen (secondary N) is 2. The minimum atomic E-state index is -4.76.